The minimum absolute atomic E-state index is 0.0438. The summed E-state index contributed by atoms with van der Waals surface area (Å²) in [6.45, 7) is 1.39. The quantitative estimate of drug-likeness (QED) is 0.471. The van der Waals surface area contributed by atoms with Gasteiger partial charge in [0.1, 0.15) is 0 Å². The highest BCUT2D eigenvalue weighted by Crippen LogP contribution is 2.19. The normalized spacial score (nSPS) is 11.4. The van der Waals surface area contributed by atoms with Crippen LogP contribution in [0.25, 0.3) is 11.6 Å². The fourth-order valence-electron chi connectivity index (χ4n) is 1.68. The van der Waals surface area contributed by atoms with Gasteiger partial charge in [-0.15, -0.1) is 5.10 Å². The number of hydrogen-bond acceptors (Lipinski definition) is 6. The largest absolute Gasteiger partial charge is 0.294 e. The lowest BCUT2D eigenvalue weighted by Gasteiger charge is -2.02. The third-order valence-electron chi connectivity index (χ3n) is 2.63. The van der Waals surface area contributed by atoms with Crippen molar-refractivity contribution in [1.82, 2.24) is 20.2 Å². The molecule has 0 saturated heterocycles. The Balaban J connectivity index is 2.50. The summed E-state index contributed by atoms with van der Waals surface area (Å²) in [7, 11) is 1.61. The molecule has 0 bridgehead atoms. The fourth-order valence-corrected chi connectivity index (χ4v) is 1.68. The Bertz CT molecular complexity index is 705. The highest BCUT2D eigenvalue weighted by molar-refractivity contribution is 6.23. The summed E-state index contributed by atoms with van der Waals surface area (Å²) < 4.78 is 1.37. The summed E-state index contributed by atoms with van der Waals surface area (Å²) in [5.41, 5.74) is 0.781. The van der Waals surface area contributed by atoms with Crippen molar-refractivity contribution in [2.45, 2.75) is 6.92 Å². The molecule has 1 aromatic carbocycles. The summed E-state index contributed by atoms with van der Waals surface area (Å²) in [4.78, 5) is 22.0. The van der Waals surface area contributed by atoms with Crippen molar-refractivity contribution in [2.24, 2.45) is 7.05 Å². The van der Waals surface area contributed by atoms with Gasteiger partial charge in [0.15, 0.2) is 11.6 Å². The molecule has 20 heavy (non-hydrogen) atoms. The number of non-ortho nitro benzene ring substituents is 1. The molecule has 0 amide bonds. The Kier molecular flexibility index (Phi) is 3.65. The van der Waals surface area contributed by atoms with E-state index in [0.717, 1.165) is 0 Å². The zero-order valence-corrected chi connectivity index (χ0v) is 10.8. The summed E-state index contributed by atoms with van der Waals surface area (Å²) in [5.74, 6) is 0.0819. The van der Waals surface area contributed by atoms with E-state index < -0.39 is 4.92 Å². The SMILES string of the molecule is CC(=O)C(=Cc1cccc([N+](=O)[O-])c1)c1nnnn1C. The summed E-state index contributed by atoms with van der Waals surface area (Å²) in [6, 6.07) is 5.98. The first-order valence-corrected chi connectivity index (χ1v) is 5.69. The lowest BCUT2D eigenvalue weighted by atomic mass is 10.1. The number of aryl methyl sites for hydroxylation is 1. The smallest absolute Gasteiger partial charge is 0.270 e. The van der Waals surface area contributed by atoms with Gasteiger partial charge in [-0.2, -0.15) is 0 Å². The lowest BCUT2D eigenvalue weighted by Crippen LogP contribution is -2.04. The molecule has 2 rings (SSSR count). The van der Waals surface area contributed by atoms with Crippen molar-refractivity contribution in [3.05, 3.63) is 45.8 Å². The molecule has 0 N–H and O–H groups in total. The Morgan fingerprint density at radius 1 is 1.45 bits per heavy atom. The van der Waals surface area contributed by atoms with Crippen LogP contribution in [0, 0.1) is 10.1 Å². The van der Waals surface area contributed by atoms with Crippen LogP contribution < -0.4 is 0 Å². The molecular weight excluding hydrogens is 262 g/mol. The number of nitro benzene ring substituents is 1. The van der Waals surface area contributed by atoms with Crippen LogP contribution >= 0.6 is 0 Å². The number of nitro groups is 1. The Morgan fingerprint density at radius 3 is 2.75 bits per heavy atom. The molecule has 8 heteroatoms. The molecule has 2 aromatic rings. The lowest BCUT2D eigenvalue weighted by molar-refractivity contribution is -0.384. The van der Waals surface area contributed by atoms with E-state index in [9.17, 15) is 14.9 Å². The van der Waals surface area contributed by atoms with Gasteiger partial charge in [-0.3, -0.25) is 14.9 Å². The van der Waals surface area contributed by atoms with E-state index in [1.54, 1.807) is 19.2 Å². The van der Waals surface area contributed by atoms with Crippen molar-refractivity contribution < 1.29 is 9.72 Å². The van der Waals surface area contributed by atoms with Crippen molar-refractivity contribution in [2.75, 3.05) is 0 Å². The average molecular weight is 273 g/mol. The van der Waals surface area contributed by atoms with Crippen LogP contribution in [0.3, 0.4) is 0 Å². The molecule has 0 fully saturated rings. The molecule has 1 heterocycles. The van der Waals surface area contributed by atoms with Crippen LogP contribution in [0.1, 0.15) is 18.3 Å². The third kappa shape index (κ3) is 2.74. The van der Waals surface area contributed by atoms with E-state index in [1.165, 1.54) is 29.8 Å². The van der Waals surface area contributed by atoms with Gasteiger partial charge in [-0.05, 0) is 29.0 Å². The number of Topliss-reactive ketones (excluding diaryl/α,β-unsaturated/α-hetero) is 1. The van der Waals surface area contributed by atoms with Gasteiger partial charge in [0.05, 0.1) is 10.5 Å². The second-order valence-electron chi connectivity index (χ2n) is 4.09. The van der Waals surface area contributed by atoms with Crippen molar-refractivity contribution in [3.63, 3.8) is 0 Å². The van der Waals surface area contributed by atoms with Gasteiger partial charge < -0.3 is 0 Å². The molecule has 0 radical (unpaired) electrons. The van der Waals surface area contributed by atoms with E-state index in [2.05, 4.69) is 15.5 Å². The minimum atomic E-state index is -0.491. The van der Waals surface area contributed by atoms with E-state index in [1.807, 2.05) is 0 Å². The van der Waals surface area contributed by atoms with E-state index >= 15 is 0 Å². The first-order valence-electron chi connectivity index (χ1n) is 5.69. The van der Waals surface area contributed by atoms with Crippen LogP contribution in [-0.4, -0.2) is 30.9 Å². The van der Waals surface area contributed by atoms with E-state index in [0.29, 0.717) is 11.4 Å². The molecule has 0 aliphatic rings. The number of hydrogen-bond donors (Lipinski definition) is 0. The minimum Gasteiger partial charge on any atom is -0.294 e. The fraction of sp³-hybridized carbons (Fsp3) is 0.167. The first kappa shape index (κ1) is 13.5. The van der Waals surface area contributed by atoms with Gasteiger partial charge >= 0.3 is 0 Å². The highest BCUT2D eigenvalue weighted by atomic mass is 16.6. The summed E-state index contributed by atoms with van der Waals surface area (Å²) in [6.07, 6.45) is 1.53. The van der Waals surface area contributed by atoms with Gasteiger partial charge in [0.2, 0.25) is 0 Å². The molecule has 102 valence electrons. The zero-order chi connectivity index (χ0) is 14.7. The number of carbonyl (C=O) groups is 1. The molecule has 0 saturated carbocycles. The van der Waals surface area contributed by atoms with Crippen LogP contribution in [0.4, 0.5) is 5.69 Å². The maximum Gasteiger partial charge on any atom is 0.270 e. The van der Waals surface area contributed by atoms with Crippen molar-refractivity contribution in [3.8, 4) is 0 Å². The molecule has 0 unspecified atom stereocenters. The Hall–Kier alpha value is -2.90. The maximum absolute atomic E-state index is 11.7. The van der Waals surface area contributed by atoms with E-state index in [-0.39, 0.29) is 17.0 Å². The number of benzene rings is 1. The van der Waals surface area contributed by atoms with Crippen molar-refractivity contribution >= 4 is 23.1 Å². The van der Waals surface area contributed by atoms with Crippen LogP contribution in [0.15, 0.2) is 24.3 Å². The number of aromatic nitrogens is 4. The number of allylic oxidation sites excluding steroid dienone is 1. The van der Waals surface area contributed by atoms with Gasteiger partial charge in [0, 0.05) is 19.2 Å². The van der Waals surface area contributed by atoms with Gasteiger partial charge in [0.25, 0.3) is 5.69 Å². The standard InChI is InChI=1S/C12H11N5O3/c1-8(18)11(12-13-14-15-16(12)2)7-9-4-3-5-10(6-9)17(19)20/h3-7H,1-2H3. The average Bonchev–Trinajstić information content (AvgIpc) is 2.82. The Morgan fingerprint density at radius 2 is 2.20 bits per heavy atom. The van der Waals surface area contributed by atoms with Gasteiger partial charge in [-0.1, -0.05) is 12.1 Å². The number of nitrogens with zero attached hydrogens (tertiary/aromatic N) is 5. The van der Waals surface area contributed by atoms with Crippen LogP contribution in [0.5, 0.6) is 0 Å². The highest BCUT2D eigenvalue weighted by Gasteiger charge is 2.14. The maximum atomic E-state index is 11.7. The molecule has 8 nitrogen and oxygen atoms in total. The zero-order valence-electron chi connectivity index (χ0n) is 10.8. The number of ketones is 1. The predicted octanol–water partition coefficient (Wildman–Crippen LogP) is 1.25. The molecule has 1 aromatic heterocycles. The summed E-state index contributed by atoms with van der Waals surface area (Å²) in [5, 5.41) is 21.6. The molecule has 0 spiro atoms. The second-order valence-corrected chi connectivity index (χ2v) is 4.09. The number of carbonyl (C=O) groups excluding carboxylic acids is 1. The first-order chi connectivity index (χ1) is 9.49. The monoisotopic (exact) mass is 273 g/mol. The molecule has 0 aliphatic carbocycles. The van der Waals surface area contributed by atoms with Crippen LogP contribution in [-0.2, 0) is 11.8 Å². The van der Waals surface area contributed by atoms with Gasteiger partial charge in [-0.25, -0.2) is 4.68 Å². The topological polar surface area (TPSA) is 104 Å². The molecule has 0 atom stereocenters. The third-order valence-corrected chi connectivity index (χ3v) is 2.63. The molecule has 0 aliphatic heterocycles. The Labute approximate surface area is 113 Å². The summed E-state index contributed by atoms with van der Waals surface area (Å²) >= 11 is 0. The van der Waals surface area contributed by atoms with Crippen LogP contribution in [0.2, 0.25) is 0 Å². The predicted molar refractivity (Wildman–Crippen MR) is 70.4 cm³/mol. The molecular formula is C12H11N5O3. The van der Waals surface area contributed by atoms with E-state index in [4.69, 9.17) is 0 Å². The number of rotatable bonds is 4. The number of tetrazole rings is 1. The second kappa shape index (κ2) is 5.39. The van der Waals surface area contributed by atoms with Crippen molar-refractivity contribution in [1.29, 1.82) is 0 Å².